The molecule has 0 spiro atoms. The fraction of sp³-hybridized carbons (Fsp3) is 0.768. The van der Waals surface area contributed by atoms with Crippen LogP contribution in [0.4, 0.5) is 0 Å². The molecule has 0 rings (SSSR count). The zero-order valence-electron chi connectivity index (χ0n) is 42.9. The highest BCUT2D eigenvalue weighted by Crippen LogP contribution is 2.38. The van der Waals surface area contributed by atoms with Gasteiger partial charge < -0.3 is 27.9 Å². The maximum Gasteiger partial charge on any atom is 0.306 e. The fourth-order valence-corrected chi connectivity index (χ4v) is 7.93. The predicted molar refractivity (Wildman–Crippen MR) is 277 cm³/mol. The molecule has 0 fully saturated rings. The first-order chi connectivity index (χ1) is 31.6. The van der Waals surface area contributed by atoms with Gasteiger partial charge in [0.1, 0.15) is 19.3 Å². The number of phosphoric acid groups is 1. The summed E-state index contributed by atoms with van der Waals surface area (Å²) >= 11 is 0. The predicted octanol–water partition coefficient (Wildman–Crippen LogP) is 16.0. The number of carbonyl (C=O) groups is 1. The Hall–Kier alpha value is -2.06. The van der Waals surface area contributed by atoms with E-state index in [-0.39, 0.29) is 32.2 Å². The van der Waals surface area contributed by atoms with Crippen molar-refractivity contribution >= 4 is 13.8 Å². The van der Waals surface area contributed by atoms with Crippen LogP contribution in [-0.2, 0) is 27.9 Å². The molecular weight excluding hydrogens is 830 g/mol. The number of allylic oxidation sites excluding steroid dienone is 12. The summed E-state index contributed by atoms with van der Waals surface area (Å²) in [6.45, 7) is 5.26. The summed E-state index contributed by atoms with van der Waals surface area (Å²) in [6.07, 6.45) is 63.7. The normalized spacial score (nSPS) is 14.1. The molecule has 9 heteroatoms. The van der Waals surface area contributed by atoms with Crippen LogP contribution in [-0.4, -0.2) is 70.7 Å². The van der Waals surface area contributed by atoms with E-state index in [1.807, 2.05) is 21.1 Å². The van der Waals surface area contributed by atoms with Gasteiger partial charge in [0, 0.05) is 13.0 Å². The largest absolute Gasteiger partial charge is 0.756 e. The number of esters is 1. The molecule has 0 N–H and O–H groups in total. The summed E-state index contributed by atoms with van der Waals surface area (Å²) in [4.78, 5) is 25.2. The van der Waals surface area contributed by atoms with Crippen LogP contribution < -0.4 is 4.89 Å². The van der Waals surface area contributed by atoms with E-state index in [1.54, 1.807) is 0 Å². The number of likely N-dealkylation sites (N-methyl/N-ethyl adjacent to an activating group) is 1. The number of hydrogen-bond acceptors (Lipinski definition) is 7. The minimum absolute atomic E-state index is 0.0154. The second-order valence-electron chi connectivity index (χ2n) is 18.9. The molecule has 0 aliphatic rings. The van der Waals surface area contributed by atoms with Gasteiger partial charge in [-0.15, -0.1) is 0 Å². The van der Waals surface area contributed by atoms with Crippen molar-refractivity contribution in [1.29, 1.82) is 0 Å². The van der Waals surface area contributed by atoms with Crippen LogP contribution in [0.2, 0.25) is 0 Å². The number of rotatable bonds is 49. The first-order valence-corrected chi connectivity index (χ1v) is 28.1. The van der Waals surface area contributed by atoms with Crippen molar-refractivity contribution in [1.82, 2.24) is 0 Å². The molecule has 8 nitrogen and oxygen atoms in total. The molecule has 2 atom stereocenters. The molecule has 0 saturated heterocycles. The third-order valence-corrected chi connectivity index (χ3v) is 12.2. The third-order valence-electron chi connectivity index (χ3n) is 11.3. The monoisotopic (exact) mass is 932 g/mol. The first kappa shape index (κ1) is 62.9. The summed E-state index contributed by atoms with van der Waals surface area (Å²) in [7, 11) is 1.33. The van der Waals surface area contributed by atoms with Crippen molar-refractivity contribution in [3.05, 3.63) is 72.9 Å². The number of ether oxygens (including phenoxy) is 2. The van der Waals surface area contributed by atoms with Crippen LogP contribution in [0.5, 0.6) is 0 Å². The molecular formula is C56H102NO7P. The van der Waals surface area contributed by atoms with Crippen LogP contribution in [0, 0.1) is 0 Å². The number of quaternary nitrogens is 1. The van der Waals surface area contributed by atoms with Crippen molar-refractivity contribution in [3.8, 4) is 0 Å². The van der Waals surface area contributed by atoms with Crippen LogP contribution in [0.3, 0.4) is 0 Å². The van der Waals surface area contributed by atoms with E-state index in [4.69, 9.17) is 18.5 Å². The minimum atomic E-state index is -4.55. The SMILES string of the molecule is CC/C=C\C/C=C\C/C=C\C/C=C\C/C=C\C/C=C\CCCCC(=O)OC(COCCCCCCCCCCCCCCCCCCCCCCCC)COP(=O)([O-])OCC[N+](C)(C)C. The summed E-state index contributed by atoms with van der Waals surface area (Å²) < 4.78 is 34.7. The average Bonchev–Trinajstić information content (AvgIpc) is 3.27. The Morgan fingerprint density at radius 1 is 0.492 bits per heavy atom. The van der Waals surface area contributed by atoms with E-state index in [0.717, 1.165) is 64.2 Å². The third kappa shape index (κ3) is 52.8. The van der Waals surface area contributed by atoms with E-state index in [9.17, 15) is 14.3 Å². The van der Waals surface area contributed by atoms with Crippen molar-refractivity contribution in [3.63, 3.8) is 0 Å². The van der Waals surface area contributed by atoms with Crippen molar-refractivity contribution < 1.29 is 37.3 Å². The number of carbonyl (C=O) groups excluding carboxylic acids is 1. The molecule has 0 saturated carbocycles. The molecule has 65 heavy (non-hydrogen) atoms. The van der Waals surface area contributed by atoms with Crippen molar-refractivity contribution in [2.45, 2.75) is 225 Å². The Balaban J connectivity index is 4.19. The number of phosphoric ester groups is 1. The van der Waals surface area contributed by atoms with E-state index >= 15 is 0 Å². The average molecular weight is 932 g/mol. The van der Waals surface area contributed by atoms with Crippen LogP contribution in [0.25, 0.3) is 0 Å². The Kier molecular flexibility index (Phi) is 46.9. The van der Waals surface area contributed by atoms with Gasteiger partial charge in [-0.3, -0.25) is 9.36 Å². The highest BCUT2D eigenvalue weighted by Gasteiger charge is 2.20. The highest BCUT2D eigenvalue weighted by molar-refractivity contribution is 7.45. The van der Waals surface area contributed by atoms with Gasteiger partial charge in [0.2, 0.25) is 0 Å². The lowest BCUT2D eigenvalue weighted by molar-refractivity contribution is -0.870. The summed E-state index contributed by atoms with van der Waals surface area (Å²) in [5.41, 5.74) is 0. The van der Waals surface area contributed by atoms with Gasteiger partial charge >= 0.3 is 5.97 Å². The molecule has 0 aromatic heterocycles. The Bertz CT molecular complexity index is 1270. The summed E-state index contributed by atoms with van der Waals surface area (Å²) in [5.74, 6) is -0.374. The smallest absolute Gasteiger partial charge is 0.306 e. The van der Waals surface area contributed by atoms with E-state index in [1.165, 1.54) is 128 Å². The standard InChI is InChI=1S/C56H102NO7P/c1-6-8-10-12-14-16-18-20-22-24-26-28-30-32-34-36-38-40-42-44-46-48-51-61-53-55(54-63-65(59,60)62-52-50-57(3,4)5)64-56(58)49-47-45-43-41-39-37-35-33-31-29-27-25-23-21-19-17-15-13-11-9-7-2/h9,11,15,17,21,23,27,29,33,35,39,41,55H,6-8,10,12-14,16,18-20,22,24-26,28,30-32,34,36-38,40,42-54H2,1-5H3/b11-9-,17-15-,23-21-,29-27-,35-33-,41-39-. The molecule has 0 aliphatic carbocycles. The quantitative estimate of drug-likeness (QED) is 0.0197. The number of unbranched alkanes of at least 4 members (excludes halogenated alkanes) is 23. The van der Waals surface area contributed by atoms with Gasteiger partial charge in [-0.1, -0.05) is 222 Å². The molecule has 0 amide bonds. The lowest BCUT2D eigenvalue weighted by Crippen LogP contribution is -2.37. The van der Waals surface area contributed by atoms with Gasteiger partial charge in [-0.25, -0.2) is 0 Å². The lowest BCUT2D eigenvalue weighted by atomic mass is 10.0. The Labute approximate surface area is 402 Å². The number of nitrogens with zero attached hydrogens (tertiary/aromatic N) is 1. The molecule has 0 bridgehead atoms. The Morgan fingerprint density at radius 2 is 0.892 bits per heavy atom. The summed E-state index contributed by atoms with van der Waals surface area (Å²) in [6, 6.07) is 0. The molecule has 0 aromatic rings. The minimum Gasteiger partial charge on any atom is -0.756 e. The van der Waals surface area contributed by atoms with Crippen LogP contribution in [0.15, 0.2) is 72.9 Å². The van der Waals surface area contributed by atoms with Gasteiger partial charge in [0.15, 0.2) is 0 Å². The van der Waals surface area contributed by atoms with Crippen LogP contribution >= 0.6 is 7.82 Å². The van der Waals surface area contributed by atoms with E-state index < -0.39 is 13.9 Å². The first-order valence-electron chi connectivity index (χ1n) is 26.7. The van der Waals surface area contributed by atoms with Gasteiger partial charge in [0.05, 0.1) is 34.4 Å². The molecule has 0 radical (unpaired) electrons. The molecule has 0 aromatic carbocycles. The van der Waals surface area contributed by atoms with Gasteiger partial charge in [-0.05, 0) is 64.2 Å². The summed E-state index contributed by atoms with van der Waals surface area (Å²) in [5, 5.41) is 0. The van der Waals surface area contributed by atoms with E-state index in [2.05, 4.69) is 86.8 Å². The fourth-order valence-electron chi connectivity index (χ4n) is 7.20. The van der Waals surface area contributed by atoms with Crippen LogP contribution in [0.1, 0.15) is 219 Å². The molecule has 2 unspecified atom stereocenters. The Morgan fingerprint density at radius 3 is 1.31 bits per heavy atom. The topological polar surface area (TPSA) is 94.1 Å². The molecule has 0 heterocycles. The second kappa shape index (κ2) is 48.4. The number of hydrogen-bond donors (Lipinski definition) is 0. The maximum atomic E-state index is 12.7. The van der Waals surface area contributed by atoms with E-state index in [0.29, 0.717) is 24.1 Å². The van der Waals surface area contributed by atoms with Gasteiger partial charge in [-0.2, -0.15) is 0 Å². The van der Waals surface area contributed by atoms with Crippen molar-refractivity contribution in [2.75, 3.05) is 54.1 Å². The second-order valence-corrected chi connectivity index (χ2v) is 20.3. The molecule has 0 aliphatic heterocycles. The van der Waals surface area contributed by atoms with Crippen molar-refractivity contribution in [2.24, 2.45) is 0 Å². The highest BCUT2D eigenvalue weighted by atomic mass is 31.2. The molecule has 378 valence electrons. The maximum absolute atomic E-state index is 12.7. The zero-order valence-corrected chi connectivity index (χ0v) is 43.8. The lowest BCUT2D eigenvalue weighted by Gasteiger charge is -2.28. The zero-order chi connectivity index (χ0) is 47.6. The van der Waals surface area contributed by atoms with Gasteiger partial charge in [0.25, 0.3) is 7.82 Å².